The molecule has 0 N–H and O–H groups in total. The molecule has 3 rings (SSSR count). The second-order valence-corrected chi connectivity index (χ2v) is 9.20. The summed E-state index contributed by atoms with van der Waals surface area (Å²) in [5, 5.41) is 2.10. The fraction of sp³-hybridized carbons (Fsp3) is 0.714. The van der Waals surface area contributed by atoms with E-state index in [9.17, 15) is 8.42 Å². The summed E-state index contributed by atoms with van der Waals surface area (Å²) < 4.78 is 31.1. The first kappa shape index (κ1) is 15.4. The molecule has 1 spiro atoms. The quantitative estimate of drug-likeness (QED) is 0.836. The third-order valence-electron chi connectivity index (χ3n) is 4.35. The summed E-state index contributed by atoms with van der Waals surface area (Å²) in [6, 6.07) is 4.23. The van der Waals surface area contributed by atoms with Crippen LogP contribution in [0.5, 0.6) is 0 Å². The standard InChI is InChI=1S/C14H22N2O3S2/c1-21(17,18)16-6-7-19-12-14(11-16)4-5-15(10-14)9-13-3-2-8-20-13/h2-3,8H,4-7,9-12H2,1H3/t14-/m0/s1. The highest BCUT2D eigenvalue weighted by molar-refractivity contribution is 7.88. The molecule has 7 heteroatoms. The maximum atomic E-state index is 11.9. The van der Waals surface area contributed by atoms with Crippen molar-refractivity contribution in [2.24, 2.45) is 5.41 Å². The molecule has 0 radical (unpaired) electrons. The molecule has 2 aliphatic rings. The van der Waals surface area contributed by atoms with Gasteiger partial charge in [0.2, 0.25) is 10.0 Å². The molecule has 0 aliphatic carbocycles. The van der Waals surface area contributed by atoms with Crippen LogP contribution in [0, 0.1) is 5.41 Å². The Morgan fingerprint density at radius 3 is 2.95 bits per heavy atom. The molecule has 1 aromatic rings. The molecule has 0 aromatic carbocycles. The largest absolute Gasteiger partial charge is 0.379 e. The third kappa shape index (κ3) is 3.65. The molecular weight excluding hydrogens is 308 g/mol. The molecule has 118 valence electrons. The fourth-order valence-corrected chi connectivity index (χ4v) is 4.93. The first-order valence-corrected chi connectivity index (χ1v) is 9.97. The highest BCUT2D eigenvalue weighted by atomic mass is 32.2. The second kappa shape index (κ2) is 5.96. The van der Waals surface area contributed by atoms with E-state index in [4.69, 9.17) is 4.74 Å². The van der Waals surface area contributed by atoms with Crippen molar-refractivity contribution in [2.75, 3.05) is 45.6 Å². The zero-order valence-corrected chi connectivity index (χ0v) is 14.0. The van der Waals surface area contributed by atoms with Gasteiger partial charge in [-0.3, -0.25) is 4.90 Å². The van der Waals surface area contributed by atoms with E-state index in [0.717, 1.165) is 26.1 Å². The van der Waals surface area contributed by atoms with E-state index in [1.54, 1.807) is 15.6 Å². The minimum atomic E-state index is -3.14. The van der Waals surface area contributed by atoms with Crippen LogP contribution in [0.2, 0.25) is 0 Å². The van der Waals surface area contributed by atoms with E-state index in [1.807, 2.05) is 0 Å². The molecule has 21 heavy (non-hydrogen) atoms. The summed E-state index contributed by atoms with van der Waals surface area (Å²) >= 11 is 1.77. The average molecular weight is 330 g/mol. The van der Waals surface area contributed by atoms with Crippen LogP contribution in [0.25, 0.3) is 0 Å². The van der Waals surface area contributed by atoms with Crippen molar-refractivity contribution in [1.82, 2.24) is 9.21 Å². The predicted molar refractivity (Wildman–Crippen MR) is 83.9 cm³/mol. The summed E-state index contributed by atoms with van der Waals surface area (Å²) in [4.78, 5) is 3.78. The van der Waals surface area contributed by atoms with Gasteiger partial charge in [0.15, 0.2) is 0 Å². The van der Waals surface area contributed by atoms with Crippen molar-refractivity contribution in [3.63, 3.8) is 0 Å². The lowest BCUT2D eigenvalue weighted by atomic mass is 9.88. The summed E-state index contributed by atoms with van der Waals surface area (Å²) in [6.07, 6.45) is 2.30. The number of thiophene rings is 1. The lowest BCUT2D eigenvalue weighted by molar-refractivity contribution is 0.0722. The van der Waals surface area contributed by atoms with Crippen molar-refractivity contribution in [2.45, 2.75) is 13.0 Å². The Morgan fingerprint density at radius 1 is 1.38 bits per heavy atom. The smallest absolute Gasteiger partial charge is 0.211 e. The first-order valence-electron chi connectivity index (χ1n) is 7.25. The third-order valence-corrected chi connectivity index (χ3v) is 6.46. The van der Waals surface area contributed by atoms with Crippen molar-refractivity contribution in [3.8, 4) is 0 Å². The summed E-state index contributed by atoms with van der Waals surface area (Å²) in [7, 11) is -3.14. The number of hydrogen-bond donors (Lipinski definition) is 0. The minimum Gasteiger partial charge on any atom is -0.379 e. The molecule has 0 bridgehead atoms. The van der Waals surface area contributed by atoms with Gasteiger partial charge < -0.3 is 4.74 Å². The van der Waals surface area contributed by atoms with E-state index in [1.165, 1.54) is 11.1 Å². The summed E-state index contributed by atoms with van der Waals surface area (Å²) in [5.41, 5.74) is -0.0448. The van der Waals surface area contributed by atoms with Gasteiger partial charge in [0.05, 0.1) is 19.5 Å². The average Bonchev–Trinajstić information content (AvgIpc) is 2.98. The van der Waals surface area contributed by atoms with Crippen molar-refractivity contribution in [3.05, 3.63) is 22.4 Å². The molecule has 2 aliphatic heterocycles. The number of sulfonamides is 1. The van der Waals surface area contributed by atoms with Crippen LogP contribution in [0.4, 0.5) is 0 Å². The molecule has 0 saturated carbocycles. The van der Waals surface area contributed by atoms with Crippen LogP contribution in [0.1, 0.15) is 11.3 Å². The normalized spacial score (nSPS) is 29.0. The van der Waals surface area contributed by atoms with E-state index >= 15 is 0 Å². The maximum absolute atomic E-state index is 11.9. The zero-order chi connectivity index (χ0) is 14.9. The maximum Gasteiger partial charge on any atom is 0.211 e. The number of nitrogens with zero attached hydrogens (tertiary/aromatic N) is 2. The number of ether oxygens (including phenoxy) is 1. The Bertz CT molecular complexity index is 573. The van der Waals surface area contributed by atoms with Gasteiger partial charge in [-0.1, -0.05) is 6.07 Å². The van der Waals surface area contributed by atoms with Gasteiger partial charge in [0, 0.05) is 36.5 Å². The van der Waals surface area contributed by atoms with Gasteiger partial charge in [-0.2, -0.15) is 4.31 Å². The Morgan fingerprint density at radius 2 is 2.24 bits per heavy atom. The highest BCUT2D eigenvalue weighted by Gasteiger charge is 2.42. The van der Waals surface area contributed by atoms with E-state index in [2.05, 4.69) is 22.4 Å². The van der Waals surface area contributed by atoms with Crippen LogP contribution < -0.4 is 0 Å². The molecule has 1 aromatic heterocycles. The van der Waals surface area contributed by atoms with E-state index in [-0.39, 0.29) is 5.41 Å². The second-order valence-electron chi connectivity index (χ2n) is 6.19. The van der Waals surface area contributed by atoms with Crippen molar-refractivity contribution >= 4 is 21.4 Å². The molecule has 0 unspecified atom stereocenters. The molecule has 0 amide bonds. The molecule has 3 heterocycles. The lowest BCUT2D eigenvalue weighted by Gasteiger charge is -2.30. The molecular formula is C14H22N2O3S2. The Balaban J connectivity index is 1.69. The number of likely N-dealkylation sites (tertiary alicyclic amines) is 1. The lowest BCUT2D eigenvalue weighted by Crippen LogP contribution is -2.42. The van der Waals surface area contributed by atoms with Gasteiger partial charge in [0.1, 0.15) is 0 Å². The van der Waals surface area contributed by atoms with Crippen LogP contribution in [0.15, 0.2) is 17.5 Å². The summed E-state index contributed by atoms with van der Waals surface area (Å²) in [5.74, 6) is 0. The monoisotopic (exact) mass is 330 g/mol. The van der Waals surface area contributed by atoms with Crippen molar-refractivity contribution in [1.29, 1.82) is 0 Å². The number of rotatable bonds is 3. The Kier molecular flexibility index (Phi) is 4.38. The SMILES string of the molecule is CS(=O)(=O)N1CCOC[C@]2(CCN(Cc3cccs3)C2)C1. The molecule has 1 atom stereocenters. The first-order chi connectivity index (χ1) is 9.97. The zero-order valence-electron chi connectivity index (χ0n) is 12.3. The minimum absolute atomic E-state index is 0.0448. The fourth-order valence-electron chi connectivity index (χ4n) is 3.27. The molecule has 2 saturated heterocycles. The van der Waals surface area contributed by atoms with E-state index < -0.39 is 10.0 Å². The Hall–Kier alpha value is -0.470. The van der Waals surface area contributed by atoms with Gasteiger partial charge in [0.25, 0.3) is 0 Å². The van der Waals surface area contributed by atoms with Gasteiger partial charge in [-0.15, -0.1) is 11.3 Å². The molecule has 5 nitrogen and oxygen atoms in total. The van der Waals surface area contributed by atoms with Crippen molar-refractivity contribution < 1.29 is 13.2 Å². The van der Waals surface area contributed by atoms with Crippen LogP contribution in [-0.2, 0) is 21.3 Å². The van der Waals surface area contributed by atoms with Crippen LogP contribution >= 0.6 is 11.3 Å². The van der Waals surface area contributed by atoms with Gasteiger partial charge in [-0.25, -0.2) is 8.42 Å². The van der Waals surface area contributed by atoms with Crippen LogP contribution in [-0.4, -0.2) is 63.3 Å². The van der Waals surface area contributed by atoms with Gasteiger partial charge >= 0.3 is 0 Å². The van der Waals surface area contributed by atoms with E-state index in [0.29, 0.717) is 26.3 Å². The van der Waals surface area contributed by atoms with Gasteiger partial charge in [-0.05, 0) is 24.4 Å². The van der Waals surface area contributed by atoms with Crippen LogP contribution in [0.3, 0.4) is 0 Å². The summed E-state index contributed by atoms with van der Waals surface area (Å²) in [6.45, 7) is 5.12. The number of hydrogen-bond acceptors (Lipinski definition) is 5. The Labute approximate surface area is 130 Å². The predicted octanol–water partition coefficient (Wildman–Crippen LogP) is 1.23. The highest BCUT2D eigenvalue weighted by Crippen LogP contribution is 2.35. The molecule has 2 fully saturated rings. The topological polar surface area (TPSA) is 49.9 Å².